The Bertz CT molecular complexity index is 900. The number of amides is 1. The topological polar surface area (TPSA) is 53.2 Å². The van der Waals surface area contributed by atoms with E-state index in [-0.39, 0.29) is 11.5 Å². The number of pyridine rings is 1. The summed E-state index contributed by atoms with van der Waals surface area (Å²) in [5.74, 6) is -0.142. The second-order valence-corrected chi connectivity index (χ2v) is 5.72. The zero-order valence-electron chi connectivity index (χ0n) is 13.7. The van der Waals surface area contributed by atoms with Gasteiger partial charge in [-0.05, 0) is 36.4 Å². The number of carbonyl (C=O) groups is 1. The Kier molecular flexibility index (Phi) is 4.75. The predicted octanol–water partition coefficient (Wildman–Crippen LogP) is 3.23. The summed E-state index contributed by atoms with van der Waals surface area (Å²) >= 11 is 0. The molecule has 1 N–H and O–H groups in total. The Hall–Kier alpha value is -2.88. The highest BCUT2D eigenvalue weighted by molar-refractivity contribution is 5.96. The van der Waals surface area contributed by atoms with Crippen molar-refractivity contribution in [2.75, 3.05) is 13.1 Å². The average Bonchev–Trinajstić information content (AvgIpc) is 2.63. The van der Waals surface area contributed by atoms with Gasteiger partial charge in [-0.2, -0.15) is 0 Å². The number of carbonyl (C=O) groups excluding carboxylic acids is 1. The summed E-state index contributed by atoms with van der Waals surface area (Å²) in [5, 5.41) is 1.38. The maximum Gasteiger partial charge on any atom is 0.270 e. The SMILES string of the molecule is CCN(CCc1ccccc1)C(=O)c1cc2ccccc2c(=O)[nH]1. The molecule has 0 aliphatic rings. The first-order chi connectivity index (χ1) is 11.7. The molecule has 4 heteroatoms. The van der Waals surface area contributed by atoms with Gasteiger partial charge in [-0.25, -0.2) is 0 Å². The van der Waals surface area contributed by atoms with E-state index in [1.54, 1.807) is 17.0 Å². The number of likely N-dealkylation sites (N-methyl/N-ethyl adjacent to an activating group) is 1. The van der Waals surface area contributed by atoms with Crippen LogP contribution in [0, 0.1) is 0 Å². The van der Waals surface area contributed by atoms with Crippen molar-refractivity contribution in [3.63, 3.8) is 0 Å². The molecule has 0 saturated carbocycles. The van der Waals surface area contributed by atoms with Crippen molar-refractivity contribution >= 4 is 16.7 Å². The molecule has 0 unspecified atom stereocenters. The first-order valence-corrected chi connectivity index (χ1v) is 8.14. The van der Waals surface area contributed by atoms with E-state index in [4.69, 9.17) is 0 Å². The van der Waals surface area contributed by atoms with Crippen LogP contribution in [0.4, 0.5) is 0 Å². The van der Waals surface area contributed by atoms with Crippen LogP contribution in [-0.2, 0) is 6.42 Å². The molecule has 24 heavy (non-hydrogen) atoms. The van der Waals surface area contributed by atoms with E-state index in [1.165, 1.54) is 5.56 Å². The fourth-order valence-electron chi connectivity index (χ4n) is 2.81. The molecule has 0 aliphatic carbocycles. The lowest BCUT2D eigenvalue weighted by Gasteiger charge is -2.21. The summed E-state index contributed by atoms with van der Waals surface area (Å²) in [5.41, 5.74) is 1.31. The largest absolute Gasteiger partial charge is 0.337 e. The van der Waals surface area contributed by atoms with E-state index >= 15 is 0 Å². The fraction of sp³-hybridized carbons (Fsp3) is 0.200. The average molecular weight is 320 g/mol. The van der Waals surface area contributed by atoms with E-state index in [0.717, 1.165) is 11.8 Å². The van der Waals surface area contributed by atoms with E-state index in [0.29, 0.717) is 24.2 Å². The van der Waals surface area contributed by atoms with Crippen LogP contribution in [0.1, 0.15) is 23.0 Å². The lowest BCUT2D eigenvalue weighted by atomic mass is 10.1. The maximum atomic E-state index is 12.7. The van der Waals surface area contributed by atoms with Crippen molar-refractivity contribution in [1.82, 2.24) is 9.88 Å². The van der Waals surface area contributed by atoms with Gasteiger partial charge < -0.3 is 9.88 Å². The zero-order valence-corrected chi connectivity index (χ0v) is 13.7. The van der Waals surface area contributed by atoms with E-state index in [1.807, 2.05) is 43.3 Å². The van der Waals surface area contributed by atoms with Crippen LogP contribution in [0.5, 0.6) is 0 Å². The number of nitrogens with one attached hydrogen (secondary N) is 1. The molecule has 3 aromatic rings. The normalized spacial score (nSPS) is 10.7. The van der Waals surface area contributed by atoms with Crippen molar-refractivity contribution in [3.05, 3.63) is 82.3 Å². The standard InChI is InChI=1S/C20H20N2O2/c1-2-22(13-12-15-8-4-3-5-9-15)20(24)18-14-16-10-6-7-11-17(16)19(23)21-18/h3-11,14H,2,12-13H2,1H3,(H,21,23). The van der Waals surface area contributed by atoms with Crippen molar-refractivity contribution < 1.29 is 4.79 Å². The molecule has 2 aromatic carbocycles. The Morgan fingerprint density at radius 3 is 2.50 bits per heavy atom. The lowest BCUT2D eigenvalue weighted by molar-refractivity contribution is 0.0760. The molecule has 3 rings (SSSR count). The lowest BCUT2D eigenvalue weighted by Crippen LogP contribution is -2.34. The van der Waals surface area contributed by atoms with Gasteiger partial charge in [-0.1, -0.05) is 48.5 Å². The molecule has 0 bridgehead atoms. The summed E-state index contributed by atoms with van der Waals surface area (Å²) in [6.07, 6.45) is 0.790. The third kappa shape index (κ3) is 3.38. The molecule has 122 valence electrons. The van der Waals surface area contributed by atoms with Gasteiger partial charge in [0, 0.05) is 18.5 Å². The molecule has 1 heterocycles. The van der Waals surface area contributed by atoms with Crippen LogP contribution >= 0.6 is 0 Å². The molecule has 0 aliphatic heterocycles. The molecule has 0 atom stereocenters. The van der Waals surface area contributed by atoms with E-state index < -0.39 is 0 Å². The first-order valence-electron chi connectivity index (χ1n) is 8.14. The van der Waals surface area contributed by atoms with Gasteiger partial charge in [-0.15, -0.1) is 0 Å². The number of aromatic amines is 1. The third-order valence-corrected chi connectivity index (χ3v) is 4.17. The number of nitrogens with zero attached hydrogens (tertiary/aromatic N) is 1. The summed E-state index contributed by atoms with van der Waals surface area (Å²) in [6, 6.07) is 19.1. The van der Waals surface area contributed by atoms with Gasteiger partial charge in [0.15, 0.2) is 0 Å². The Balaban J connectivity index is 1.82. The number of hydrogen-bond acceptors (Lipinski definition) is 2. The minimum atomic E-state index is -0.226. The molecular weight excluding hydrogens is 300 g/mol. The highest BCUT2D eigenvalue weighted by Gasteiger charge is 2.16. The van der Waals surface area contributed by atoms with Crippen LogP contribution < -0.4 is 5.56 Å². The van der Waals surface area contributed by atoms with Crippen molar-refractivity contribution in [2.24, 2.45) is 0 Å². The predicted molar refractivity (Wildman–Crippen MR) is 96.3 cm³/mol. The highest BCUT2D eigenvalue weighted by atomic mass is 16.2. The summed E-state index contributed by atoms with van der Waals surface area (Å²) in [4.78, 5) is 29.4. The minimum absolute atomic E-state index is 0.142. The summed E-state index contributed by atoms with van der Waals surface area (Å²) in [7, 11) is 0. The fourth-order valence-corrected chi connectivity index (χ4v) is 2.81. The maximum absolute atomic E-state index is 12.7. The van der Waals surface area contributed by atoms with Gasteiger partial charge in [-0.3, -0.25) is 9.59 Å². The molecule has 1 aromatic heterocycles. The highest BCUT2D eigenvalue weighted by Crippen LogP contribution is 2.12. The minimum Gasteiger partial charge on any atom is -0.337 e. The second-order valence-electron chi connectivity index (χ2n) is 5.72. The number of hydrogen-bond donors (Lipinski definition) is 1. The van der Waals surface area contributed by atoms with Crippen LogP contribution in [0.3, 0.4) is 0 Å². The molecule has 0 fully saturated rings. The molecule has 4 nitrogen and oxygen atoms in total. The monoisotopic (exact) mass is 320 g/mol. The van der Waals surface area contributed by atoms with Crippen LogP contribution in [0.2, 0.25) is 0 Å². The van der Waals surface area contributed by atoms with Crippen molar-refractivity contribution in [3.8, 4) is 0 Å². The van der Waals surface area contributed by atoms with Crippen LogP contribution in [0.15, 0.2) is 65.5 Å². The van der Waals surface area contributed by atoms with E-state index in [2.05, 4.69) is 17.1 Å². The Morgan fingerprint density at radius 1 is 1.04 bits per heavy atom. The van der Waals surface area contributed by atoms with Crippen LogP contribution in [-0.4, -0.2) is 28.9 Å². The number of rotatable bonds is 5. The van der Waals surface area contributed by atoms with Crippen molar-refractivity contribution in [2.45, 2.75) is 13.3 Å². The zero-order chi connectivity index (χ0) is 16.9. The first kappa shape index (κ1) is 16.0. The van der Waals surface area contributed by atoms with Gasteiger partial charge >= 0.3 is 0 Å². The summed E-state index contributed by atoms with van der Waals surface area (Å²) in [6.45, 7) is 3.16. The van der Waals surface area contributed by atoms with Gasteiger partial charge in [0.25, 0.3) is 11.5 Å². The molecule has 0 spiro atoms. The third-order valence-electron chi connectivity index (χ3n) is 4.17. The van der Waals surface area contributed by atoms with Gasteiger partial charge in [0.05, 0.1) is 0 Å². The number of benzene rings is 2. The quantitative estimate of drug-likeness (QED) is 0.784. The molecule has 1 amide bonds. The molecular formula is C20H20N2O2. The second kappa shape index (κ2) is 7.13. The Morgan fingerprint density at radius 2 is 1.75 bits per heavy atom. The molecule has 0 radical (unpaired) electrons. The van der Waals surface area contributed by atoms with Gasteiger partial charge in [0.1, 0.15) is 5.69 Å². The van der Waals surface area contributed by atoms with Crippen molar-refractivity contribution in [1.29, 1.82) is 0 Å². The number of aromatic nitrogens is 1. The number of H-pyrrole nitrogens is 1. The van der Waals surface area contributed by atoms with Crippen LogP contribution in [0.25, 0.3) is 10.8 Å². The van der Waals surface area contributed by atoms with Gasteiger partial charge in [0.2, 0.25) is 0 Å². The Labute approximate surface area is 140 Å². The summed E-state index contributed by atoms with van der Waals surface area (Å²) < 4.78 is 0. The number of fused-ring (bicyclic) bond motifs is 1. The smallest absolute Gasteiger partial charge is 0.270 e. The molecule has 0 saturated heterocycles. The van der Waals surface area contributed by atoms with E-state index in [9.17, 15) is 9.59 Å².